The molecular formula is C11H13ClO2S. The van der Waals surface area contributed by atoms with E-state index in [4.69, 9.17) is 11.6 Å². The maximum Gasteiger partial charge on any atom is 0.189 e. The van der Waals surface area contributed by atoms with Crippen LogP contribution in [0.2, 0.25) is 5.02 Å². The molecular weight excluding hydrogens is 232 g/mol. The number of rotatable bonds is 4. The zero-order valence-electron chi connectivity index (χ0n) is 8.50. The Hall–Kier alpha value is -0.670. The number of carbonyl (C=O) groups excluding carboxylic acids is 1. The third-order valence-corrected chi connectivity index (χ3v) is 3.07. The maximum atomic E-state index is 11.2. The second kappa shape index (κ2) is 6.03. The van der Waals surface area contributed by atoms with Gasteiger partial charge in [0.15, 0.2) is 5.12 Å². The molecule has 1 aromatic carbocycles. The van der Waals surface area contributed by atoms with Crippen LogP contribution in [0.25, 0.3) is 0 Å². The zero-order valence-corrected chi connectivity index (χ0v) is 10.1. The molecule has 0 amide bonds. The summed E-state index contributed by atoms with van der Waals surface area (Å²) in [5, 5.41) is 9.87. The fraction of sp³-hybridized carbons (Fsp3) is 0.364. The molecule has 1 N–H and O–H groups in total. The molecule has 0 aliphatic heterocycles. The first-order valence-corrected chi connectivity index (χ1v) is 6.13. The van der Waals surface area contributed by atoms with Crippen LogP contribution in [-0.2, 0) is 11.2 Å². The van der Waals surface area contributed by atoms with Crippen LogP contribution in [0.4, 0.5) is 0 Å². The lowest BCUT2D eigenvalue weighted by molar-refractivity contribution is -0.110. The van der Waals surface area contributed by atoms with Crippen molar-refractivity contribution in [1.29, 1.82) is 0 Å². The Kier molecular flexibility index (Phi) is 4.99. The lowest BCUT2D eigenvalue weighted by Crippen LogP contribution is -1.95. The van der Waals surface area contributed by atoms with E-state index in [9.17, 15) is 9.90 Å². The highest BCUT2D eigenvalue weighted by Crippen LogP contribution is 2.24. The molecule has 4 heteroatoms. The third kappa shape index (κ3) is 4.14. The molecule has 0 unspecified atom stereocenters. The maximum absolute atomic E-state index is 11.2. The van der Waals surface area contributed by atoms with Crippen molar-refractivity contribution in [1.82, 2.24) is 0 Å². The number of thioether (sulfide) groups is 1. The lowest BCUT2D eigenvalue weighted by atomic mass is 10.1. The third-order valence-electron chi connectivity index (χ3n) is 1.93. The summed E-state index contributed by atoms with van der Waals surface area (Å²) in [5.41, 5.74) is 0.932. The van der Waals surface area contributed by atoms with E-state index in [-0.39, 0.29) is 10.9 Å². The summed E-state index contributed by atoms with van der Waals surface area (Å²) >= 11 is 7.00. The van der Waals surface area contributed by atoms with Crippen molar-refractivity contribution < 1.29 is 9.90 Å². The van der Waals surface area contributed by atoms with Crippen LogP contribution < -0.4 is 0 Å². The predicted molar refractivity (Wildman–Crippen MR) is 64.6 cm³/mol. The molecule has 0 aliphatic rings. The van der Waals surface area contributed by atoms with Crippen molar-refractivity contribution >= 4 is 28.5 Å². The van der Waals surface area contributed by atoms with Gasteiger partial charge < -0.3 is 5.11 Å². The Morgan fingerprint density at radius 3 is 2.87 bits per heavy atom. The Bertz CT molecular complexity index is 352. The first-order chi connectivity index (χ1) is 7.13. The van der Waals surface area contributed by atoms with Gasteiger partial charge >= 0.3 is 0 Å². The fourth-order valence-electron chi connectivity index (χ4n) is 1.19. The van der Waals surface area contributed by atoms with Crippen LogP contribution in [0.1, 0.15) is 18.9 Å². The van der Waals surface area contributed by atoms with E-state index in [2.05, 4.69) is 0 Å². The molecule has 82 valence electrons. The number of aryl methyl sites for hydroxylation is 1. The molecule has 0 saturated carbocycles. The van der Waals surface area contributed by atoms with Gasteiger partial charge in [-0.15, -0.1) is 0 Å². The summed E-state index contributed by atoms with van der Waals surface area (Å²) in [7, 11) is 0. The molecule has 0 aliphatic carbocycles. The van der Waals surface area contributed by atoms with E-state index in [1.165, 1.54) is 11.8 Å². The zero-order chi connectivity index (χ0) is 11.3. The van der Waals surface area contributed by atoms with Gasteiger partial charge in [-0.3, -0.25) is 4.79 Å². The predicted octanol–water partition coefficient (Wildman–Crippen LogP) is 3.26. The summed E-state index contributed by atoms with van der Waals surface area (Å²) in [6.45, 7) is 1.96. The Labute approximate surface area is 98.6 Å². The van der Waals surface area contributed by atoms with Gasteiger partial charge in [-0.2, -0.15) is 0 Å². The second-order valence-electron chi connectivity index (χ2n) is 3.09. The van der Waals surface area contributed by atoms with Gasteiger partial charge in [0.25, 0.3) is 0 Å². The minimum absolute atomic E-state index is 0.0739. The number of hydrogen-bond acceptors (Lipinski definition) is 3. The quantitative estimate of drug-likeness (QED) is 0.884. The van der Waals surface area contributed by atoms with Crippen molar-refractivity contribution in [3.05, 3.63) is 28.8 Å². The van der Waals surface area contributed by atoms with E-state index < -0.39 is 0 Å². The fourth-order valence-corrected chi connectivity index (χ4v) is 1.88. The number of halogens is 1. The number of phenols is 1. The van der Waals surface area contributed by atoms with Gasteiger partial charge in [0.05, 0.1) is 5.02 Å². The summed E-state index contributed by atoms with van der Waals surface area (Å²) in [6.07, 6.45) is 1.15. The molecule has 15 heavy (non-hydrogen) atoms. The van der Waals surface area contributed by atoms with Crippen LogP contribution in [-0.4, -0.2) is 16.0 Å². The minimum atomic E-state index is 0.0739. The number of carbonyl (C=O) groups is 1. The van der Waals surface area contributed by atoms with Crippen LogP contribution in [0.5, 0.6) is 5.75 Å². The van der Waals surface area contributed by atoms with Gasteiger partial charge in [-0.1, -0.05) is 36.4 Å². The summed E-state index contributed by atoms with van der Waals surface area (Å²) < 4.78 is 0. The Morgan fingerprint density at radius 2 is 2.27 bits per heavy atom. The first kappa shape index (κ1) is 12.4. The highest BCUT2D eigenvalue weighted by atomic mass is 35.5. The summed E-state index contributed by atoms with van der Waals surface area (Å²) in [4.78, 5) is 11.2. The Morgan fingerprint density at radius 1 is 1.53 bits per heavy atom. The second-order valence-corrected chi connectivity index (χ2v) is 4.82. The number of phenolic OH excluding ortho intramolecular Hbond substituents is 1. The monoisotopic (exact) mass is 244 g/mol. The van der Waals surface area contributed by atoms with Crippen LogP contribution in [0.15, 0.2) is 18.2 Å². The van der Waals surface area contributed by atoms with Gasteiger partial charge in [-0.05, 0) is 29.9 Å². The van der Waals surface area contributed by atoms with Gasteiger partial charge in [0.2, 0.25) is 0 Å². The molecule has 0 bridgehead atoms. The molecule has 0 aromatic heterocycles. The van der Waals surface area contributed by atoms with Crippen molar-refractivity contribution in [2.24, 2.45) is 0 Å². The standard InChI is InChI=1S/C11H13ClO2S/c1-2-15-11(14)6-4-8-3-5-9(12)10(13)7-8/h3,5,7,13H,2,4,6H2,1H3. The average Bonchev–Trinajstić information content (AvgIpc) is 2.20. The number of benzene rings is 1. The highest BCUT2D eigenvalue weighted by Gasteiger charge is 2.04. The van der Waals surface area contributed by atoms with Crippen molar-refractivity contribution in [2.75, 3.05) is 5.75 Å². The van der Waals surface area contributed by atoms with E-state index in [1.54, 1.807) is 12.1 Å². The highest BCUT2D eigenvalue weighted by molar-refractivity contribution is 8.13. The molecule has 0 radical (unpaired) electrons. The summed E-state index contributed by atoms with van der Waals surface area (Å²) in [6, 6.07) is 5.07. The summed E-state index contributed by atoms with van der Waals surface area (Å²) in [5.74, 6) is 0.884. The topological polar surface area (TPSA) is 37.3 Å². The minimum Gasteiger partial charge on any atom is -0.506 e. The molecule has 0 spiro atoms. The van der Waals surface area contributed by atoms with Crippen LogP contribution in [0, 0.1) is 0 Å². The smallest absolute Gasteiger partial charge is 0.189 e. The molecule has 1 aromatic rings. The van der Waals surface area contributed by atoms with E-state index in [0.29, 0.717) is 17.9 Å². The van der Waals surface area contributed by atoms with Gasteiger partial charge in [-0.25, -0.2) is 0 Å². The first-order valence-electron chi connectivity index (χ1n) is 4.76. The number of hydrogen-bond donors (Lipinski definition) is 1. The van der Waals surface area contributed by atoms with Crippen molar-refractivity contribution in [3.8, 4) is 5.75 Å². The van der Waals surface area contributed by atoms with E-state index >= 15 is 0 Å². The largest absolute Gasteiger partial charge is 0.506 e. The SMILES string of the molecule is CCSC(=O)CCc1ccc(Cl)c(O)c1. The van der Waals surface area contributed by atoms with Gasteiger partial charge in [0.1, 0.15) is 5.75 Å². The number of aromatic hydroxyl groups is 1. The molecule has 0 fully saturated rings. The molecule has 0 atom stereocenters. The molecule has 0 saturated heterocycles. The van der Waals surface area contributed by atoms with E-state index in [0.717, 1.165) is 11.3 Å². The molecule has 2 nitrogen and oxygen atoms in total. The van der Waals surface area contributed by atoms with Gasteiger partial charge in [0, 0.05) is 6.42 Å². The van der Waals surface area contributed by atoms with Crippen molar-refractivity contribution in [3.63, 3.8) is 0 Å². The molecule has 0 heterocycles. The van der Waals surface area contributed by atoms with E-state index in [1.807, 2.05) is 13.0 Å². The normalized spacial score (nSPS) is 10.3. The van der Waals surface area contributed by atoms with Crippen LogP contribution >= 0.6 is 23.4 Å². The van der Waals surface area contributed by atoms with Crippen molar-refractivity contribution in [2.45, 2.75) is 19.8 Å². The average molecular weight is 245 g/mol. The lowest BCUT2D eigenvalue weighted by Gasteiger charge is -2.02. The van der Waals surface area contributed by atoms with Crippen LogP contribution in [0.3, 0.4) is 0 Å². The Balaban J connectivity index is 2.51. The molecule has 1 rings (SSSR count).